The molecule has 2 unspecified atom stereocenters. The highest BCUT2D eigenvalue weighted by Crippen LogP contribution is 2.37. The molecule has 1 rings (SSSR count). The summed E-state index contributed by atoms with van der Waals surface area (Å²) in [7, 11) is 0. The third kappa shape index (κ3) is 2.21. The van der Waals surface area contributed by atoms with Crippen LogP contribution in [-0.2, 0) is 4.79 Å². The summed E-state index contributed by atoms with van der Waals surface area (Å²) < 4.78 is 0. The van der Waals surface area contributed by atoms with E-state index in [0.29, 0.717) is 5.92 Å². The van der Waals surface area contributed by atoms with E-state index in [2.05, 4.69) is 12.2 Å². The Labute approximate surface area is 73.2 Å². The Morgan fingerprint density at radius 3 is 2.50 bits per heavy atom. The van der Waals surface area contributed by atoms with Gasteiger partial charge in [0.2, 0.25) is 5.91 Å². The van der Waals surface area contributed by atoms with E-state index in [1.807, 2.05) is 13.8 Å². The van der Waals surface area contributed by atoms with Crippen molar-refractivity contribution in [3.8, 4) is 0 Å². The third-order valence-corrected chi connectivity index (χ3v) is 2.30. The summed E-state index contributed by atoms with van der Waals surface area (Å²) >= 11 is 0. The quantitative estimate of drug-likeness (QED) is 0.650. The van der Waals surface area contributed by atoms with Crippen LogP contribution >= 0.6 is 0 Å². The highest BCUT2D eigenvalue weighted by molar-refractivity contribution is 5.82. The van der Waals surface area contributed by atoms with E-state index in [1.54, 1.807) is 0 Å². The first kappa shape index (κ1) is 9.52. The van der Waals surface area contributed by atoms with Crippen molar-refractivity contribution in [1.29, 1.82) is 0 Å². The summed E-state index contributed by atoms with van der Waals surface area (Å²) in [6, 6.07) is 0. The summed E-state index contributed by atoms with van der Waals surface area (Å²) in [5.41, 5.74) is -0.473. The Morgan fingerprint density at radius 1 is 1.67 bits per heavy atom. The molecule has 12 heavy (non-hydrogen) atoms. The molecule has 1 fully saturated rings. The number of nitrogens with one attached hydrogen (secondary N) is 1. The first-order valence-electron chi connectivity index (χ1n) is 4.39. The minimum Gasteiger partial charge on any atom is -0.394 e. The predicted molar refractivity (Wildman–Crippen MR) is 46.6 cm³/mol. The van der Waals surface area contributed by atoms with Crippen LogP contribution in [0, 0.1) is 11.8 Å². The van der Waals surface area contributed by atoms with Gasteiger partial charge in [-0.25, -0.2) is 0 Å². The molecule has 1 amide bonds. The van der Waals surface area contributed by atoms with Crippen LogP contribution in [0.5, 0.6) is 0 Å². The number of carbonyl (C=O) groups is 1. The van der Waals surface area contributed by atoms with Gasteiger partial charge in [-0.15, -0.1) is 0 Å². The minimum atomic E-state index is -0.473. The Kier molecular flexibility index (Phi) is 2.42. The molecule has 2 N–H and O–H groups in total. The van der Waals surface area contributed by atoms with Crippen LogP contribution in [0.15, 0.2) is 0 Å². The van der Waals surface area contributed by atoms with Crippen molar-refractivity contribution >= 4 is 5.91 Å². The van der Waals surface area contributed by atoms with Crippen molar-refractivity contribution in [2.45, 2.75) is 32.7 Å². The van der Waals surface area contributed by atoms with Crippen molar-refractivity contribution in [3.05, 3.63) is 0 Å². The van der Waals surface area contributed by atoms with Crippen molar-refractivity contribution in [2.75, 3.05) is 6.61 Å². The number of hydrogen-bond acceptors (Lipinski definition) is 2. The molecule has 0 radical (unpaired) electrons. The number of amides is 1. The zero-order chi connectivity index (χ0) is 9.35. The van der Waals surface area contributed by atoms with Crippen LogP contribution in [0.2, 0.25) is 0 Å². The highest BCUT2D eigenvalue weighted by atomic mass is 16.3. The average molecular weight is 171 g/mol. The van der Waals surface area contributed by atoms with Gasteiger partial charge in [0.15, 0.2) is 0 Å². The van der Waals surface area contributed by atoms with Crippen LogP contribution in [0.25, 0.3) is 0 Å². The van der Waals surface area contributed by atoms with Gasteiger partial charge in [0.05, 0.1) is 12.1 Å². The lowest BCUT2D eigenvalue weighted by atomic mass is 10.1. The Morgan fingerprint density at radius 2 is 2.17 bits per heavy atom. The summed E-state index contributed by atoms with van der Waals surface area (Å²) in [6.07, 6.45) is 0.993. The molecule has 0 aromatic carbocycles. The molecule has 0 heterocycles. The maximum atomic E-state index is 11.4. The second-order valence-electron chi connectivity index (χ2n) is 4.35. The molecule has 1 saturated carbocycles. The molecular formula is C9H17NO2. The maximum Gasteiger partial charge on any atom is 0.223 e. The molecule has 0 aromatic rings. The fourth-order valence-corrected chi connectivity index (χ4v) is 1.15. The summed E-state index contributed by atoms with van der Waals surface area (Å²) in [5, 5.41) is 11.7. The van der Waals surface area contributed by atoms with Gasteiger partial charge >= 0.3 is 0 Å². The third-order valence-electron chi connectivity index (χ3n) is 2.30. The van der Waals surface area contributed by atoms with Gasteiger partial charge in [-0.05, 0) is 26.2 Å². The van der Waals surface area contributed by atoms with Gasteiger partial charge in [0.1, 0.15) is 0 Å². The van der Waals surface area contributed by atoms with Crippen molar-refractivity contribution in [1.82, 2.24) is 5.32 Å². The van der Waals surface area contributed by atoms with E-state index in [0.717, 1.165) is 6.42 Å². The van der Waals surface area contributed by atoms with E-state index >= 15 is 0 Å². The molecule has 1 aliphatic carbocycles. The van der Waals surface area contributed by atoms with E-state index in [1.165, 1.54) is 0 Å². The molecule has 0 bridgehead atoms. The van der Waals surface area contributed by atoms with Crippen LogP contribution in [0.1, 0.15) is 27.2 Å². The van der Waals surface area contributed by atoms with Crippen LogP contribution < -0.4 is 5.32 Å². The molecule has 3 nitrogen and oxygen atoms in total. The predicted octanol–water partition coefficient (Wildman–Crippen LogP) is 0.529. The molecular weight excluding hydrogens is 154 g/mol. The number of aliphatic hydroxyl groups is 1. The van der Waals surface area contributed by atoms with Gasteiger partial charge in [-0.1, -0.05) is 6.92 Å². The number of hydrogen-bond donors (Lipinski definition) is 2. The summed E-state index contributed by atoms with van der Waals surface area (Å²) in [6.45, 7) is 5.69. The normalized spacial score (nSPS) is 28.3. The van der Waals surface area contributed by atoms with E-state index < -0.39 is 5.54 Å². The second-order valence-corrected chi connectivity index (χ2v) is 4.35. The van der Waals surface area contributed by atoms with Crippen LogP contribution in [-0.4, -0.2) is 23.2 Å². The monoisotopic (exact) mass is 171 g/mol. The van der Waals surface area contributed by atoms with Crippen LogP contribution in [0.3, 0.4) is 0 Å². The first-order chi connectivity index (χ1) is 5.46. The fraction of sp³-hybridized carbons (Fsp3) is 0.889. The standard InChI is InChI=1S/C9H17NO2/c1-6-4-7(6)8(12)10-9(2,3)5-11/h6-7,11H,4-5H2,1-3H3,(H,10,12). The smallest absolute Gasteiger partial charge is 0.223 e. The minimum absolute atomic E-state index is 0.0140. The summed E-state index contributed by atoms with van der Waals surface area (Å²) in [5.74, 6) is 0.803. The zero-order valence-electron chi connectivity index (χ0n) is 7.92. The second kappa shape index (κ2) is 3.05. The van der Waals surface area contributed by atoms with E-state index in [4.69, 9.17) is 5.11 Å². The molecule has 0 spiro atoms. The summed E-state index contributed by atoms with van der Waals surface area (Å²) in [4.78, 5) is 11.4. The van der Waals surface area contributed by atoms with Gasteiger partial charge in [0, 0.05) is 5.92 Å². The van der Waals surface area contributed by atoms with Crippen molar-refractivity contribution in [3.63, 3.8) is 0 Å². The van der Waals surface area contributed by atoms with Gasteiger partial charge in [-0.2, -0.15) is 0 Å². The average Bonchev–Trinajstić information content (AvgIpc) is 2.66. The Hall–Kier alpha value is -0.570. The van der Waals surface area contributed by atoms with E-state index in [9.17, 15) is 4.79 Å². The molecule has 1 aliphatic rings. The lowest BCUT2D eigenvalue weighted by Crippen LogP contribution is -2.47. The topological polar surface area (TPSA) is 49.3 Å². The lowest BCUT2D eigenvalue weighted by Gasteiger charge is -2.23. The van der Waals surface area contributed by atoms with Crippen molar-refractivity contribution in [2.24, 2.45) is 11.8 Å². The molecule has 0 aliphatic heterocycles. The Bertz CT molecular complexity index is 189. The first-order valence-corrected chi connectivity index (χ1v) is 4.39. The Balaban J connectivity index is 2.36. The molecule has 70 valence electrons. The fourth-order valence-electron chi connectivity index (χ4n) is 1.15. The van der Waals surface area contributed by atoms with Gasteiger partial charge in [-0.3, -0.25) is 4.79 Å². The lowest BCUT2D eigenvalue weighted by molar-refractivity contribution is -0.124. The number of carbonyl (C=O) groups excluding carboxylic acids is 1. The van der Waals surface area contributed by atoms with Crippen molar-refractivity contribution < 1.29 is 9.90 Å². The highest BCUT2D eigenvalue weighted by Gasteiger charge is 2.40. The van der Waals surface area contributed by atoms with Gasteiger partial charge < -0.3 is 10.4 Å². The molecule has 2 atom stereocenters. The van der Waals surface area contributed by atoms with Crippen LogP contribution in [0.4, 0.5) is 0 Å². The molecule has 0 aromatic heterocycles. The zero-order valence-corrected chi connectivity index (χ0v) is 7.92. The SMILES string of the molecule is CC1CC1C(=O)NC(C)(C)CO. The maximum absolute atomic E-state index is 11.4. The number of rotatable bonds is 3. The molecule has 3 heteroatoms. The van der Waals surface area contributed by atoms with Gasteiger partial charge in [0.25, 0.3) is 0 Å². The van der Waals surface area contributed by atoms with E-state index in [-0.39, 0.29) is 18.4 Å². The number of aliphatic hydroxyl groups excluding tert-OH is 1. The largest absolute Gasteiger partial charge is 0.394 e. The molecule has 0 saturated heterocycles.